The van der Waals surface area contributed by atoms with Gasteiger partial charge < -0.3 is 20.5 Å². The molecule has 0 spiro atoms. The van der Waals surface area contributed by atoms with Gasteiger partial charge in [-0.2, -0.15) is 8.78 Å². The van der Waals surface area contributed by atoms with Crippen molar-refractivity contribution in [2.75, 3.05) is 25.1 Å². The van der Waals surface area contributed by atoms with Gasteiger partial charge in [-0.05, 0) is 25.0 Å². The fourth-order valence-electron chi connectivity index (χ4n) is 2.85. The van der Waals surface area contributed by atoms with E-state index in [1.807, 2.05) is 0 Å². The highest BCUT2D eigenvalue weighted by molar-refractivity contribution is 7.14. The van der Waals surface area contributed by atoms with E-state index in [2.05, 4.69) is 15.0 Å². The number of halogens is 3. The molecule has 3 N–H and O–H groups in total. The Morgan fingerprint density at radius 2 is 2.07 bits per heavy atom. The van der Waals surface area contributed by atoms with E-state index in [-0.39, 0.29) is 30.6 Å². The van der Waals surface area contributed by atoms with Crippen LogP contribution in [-0.4, -0.2) is 37.3 Å². The molecule has 1 aliphatic heterocycles. The Labute approximate surface area is 165 Å². The van der Waals surface area contributed by atoms with Gasteiger partial charge >= 0.3 is 6.61 Å². The molecule has 0 unspecified atom stereocenters. The molecule has 0 bridgehead atoms. The van der Waals surface area contributed by atoms with Crippen LogP contribution in [0.3, 0.4) is 0 Å². The summed E-state index contributed by atoms with van der Waals surface area (Å²) in [5.41, 5.74) is 6.06. The fraction of sp³-hybridized carbons (Fsp3) is 0.412. The van der Waals surface area contributed by atoms with Gasteiger partial charge in [-0.25, -0.2) is 4.98 Å². The first-order chi connectivity index (χ1) is 12.5. The van der Waals surface area contributed by atoms with Gasteiger partial charge in [0.15, 0.2) is 5.13 Å². The lowest BCUT2D eigenvalue weighted by molar-refractivity contribution is -0.130. The second-order valence-electron chi connectivity index (χ2n) is 5.96. The number of ether oxygens (including phenoxy) is 2. The number of anilines is 1. The van der Waals surface area contributed by atoms with E-state index in [0.717, 1.165) is 0 Å². The van der Waals surface area contributed by atoms with Crippen molar-refractivity contribution in [3.05, 3.63) is 29.6 Å². The molecule has 1 aliphatic rings. The van der Waals surface area contributed by atoms with Crippen LogP contribution >= 0.6 is 23.7 Å². The third-order valence-electron chi connectivity index (χ3n) is 4.43. The number of nitrogens with one attached hydrogen (secondary N) is 1. The Kier molecular flexibility index (Phi) is 7.49. The topological polar surface area (TPSA) is 86.5 Å². The molecule has 1 aromatic carbocycles. The number of rotatable bonds is 6. The number of carbonyl (C=O) groups excluding carboxylic acids is 1. The predicted molar refractivity (Wildman–Crippen MR) is 102 cm³/mol. The molecule has 3 rings (SSSR count). The van der Waals surface area contributed by atoms with Gasteiger partial charge in [-0.1, -0.05) is 12.1 Å². The third kappa shape index (κ3) is 4.92. The van der Waals surface area contributed by atoms with Crippen molar-refractivity contribution in [2.24, 2.45) is 11.1 Å². The Balaban J connectivity index is 0.00000261. The van der Waals surface area contributed by atoms with E-state index in [1.54, 1.807) is 23.6 Å². The van der Waals surface area contributed by atoms with E-state index in [9.17, 15) is 13.6 Å². The molecule has 0 aliphatic carbocycles. The van der Waals surface area contributed by atoms with E-state index < -0.39 is 12.0 Å². The van der Waals surface area contributed by atoms with E-state index >= 15 is 0 Å². The molecule has 0 radical (unpaired) electrons. The summed E-state index contributed by atoms with van der Waals surface area (Å²) in [4.78, 5) is 17.0. The van der Waals surface area contributed by atoms with Crippen molar-refractivity contribution in [2.45, 2.75) is 19.5 Å². The minimum atomic E-state index is -2.92. The molecule has 0 atom stereocenters. The Morgan fingerprint density at radius 3 is 2.74 bits per heavy atom. The summed E-state index contributed by atoms with van der Waals surface area (Å²) in [6.45, 7) is -1.71. The molecule has 1 amide bonds. The summed E-state index contributed by atoms with van der Waals surface area (Å²) < 4.78 is 35.0. The average molecular weight is 420 g/mol. The van der Waals surface area contributed by atoms with Crippen LogP contribution in [0.15, 0.2) is 29.6 Å². The number of nitrogens with zero attached hydrogens (tertiary/aromatic N) is 1. The van der Waals surface area contributed by atoms with Gasteiger partial charge in [0.05, 0.1) is 11.1 Å². The van der Waals surface area contributed by atoms with Crippen molar-refractivity contribution in [3.8, 4) is 17.0 Å². The first-order valence-corrected chi connectivity index (χ1v) is 9.01. The van der Waals surface area contributed by atoms with Gasteiger partial charge in [0.2, 0.25) is 5.91 Å². The number of thiazole rings is 1. The fourth-order valence-corrected chi connectivity index (χ4v) is 3.55. The SMILES string of the molecule is Cl.NCC1(C(=O)Nc2nc(-c3ccccc3OC(F)F)cs2)CCOCC1. The van der Waals surface area contributed by atoms with Crippen molar-refractivity contribution < 1.29 is 23.0 Å². The zero-order valence-corrected chi connectivity index (χ0v) is 16.0. The largest absolute Gasteiger partial charge is 0.434 e. The number of hydrogen-bond acceptors (Lipinski definition) is 6. The molecule has 1 aromatic heterocycles. The summed E-state index contributed by atoms with van der Waals surface area (Å²) >= 11 is 1.22. The molecule has 6 nitrogen and oxygen atoms in total. The molecular formula is C17H20ClF2N3O3S. The van der Waals surface area contributed by atoms with Crippen molar-refractivity contribution in [3.63, 3.8) is 0 Å². The summed E-state index contributed by atoms with van der Waals surface area (Å²) in [5, 5.41) is 4.87. The highest BCUT2D eigenvalue weighted by Crippen LogP contribution is 2.35. The highest BCUT2D eigenvalue weighted by Gasteiger charge is 2.39. The highest BCUT2D eigenvalue weighted by atomic mass is 35.5. The number of carbonyl (C=O) groups is 1. The van der Waals surface area contributed by atoms with Crippen LogP contribution in [0.4, 0.5) is 13.9 Å². The summed E-state index contributed by atoms with van der Waals surface area (Å²) in [7, 11) is 0. The smallest absolute Gasteiger partial charge is 0.387 e. The maximum atomic E-state index is 12.7. The Morgan fingerprint density at radius 1 is 1.37 bits per heavy atom. The van der Waals surface area contributed by atoms with Crippen molar-refractivity contribution >= 4 is 34.8 Å². The lowest BCUT2D eigenvalue weighted by Gasteiger charge is -2.34. The zero-order valence-electron chi connectivity index (χ0n) is 14.3. The van der Waals surface area contributed by atoms with Crippen LogP contribution in [0, 0.1) is 5.41 Å². The minimum Gasteiger partial charge on any atom is -0.434 e. The second kappa shape index (κ2) is 9.41. The van der Waals surface area contributed by atoms with Crippen LogP contribution in [0.5, 0.6) is 5.75 Å². The predicted octanol–water partition coefficient (Wildman–Crippen LogP) is 3.53. The molecule has 0 saturated carbocycles. The van der Waals surface area contributed by atoms with Gasteiger partial charge in [0.1, 0.15) is 5.75 Å². The quantitative estimate of drug-likeness (QED) is 0.748. The molecule has 27 heavy (non-hydrogen) atoms. The lowest BCUT2D eigenvalue weighted by Crippen LogP contribution is -2.46. The number of alkyl halides is 2. The molecule has 1 fully saturated rings. The standard InChI is InChI=1S/C17H19F2N3O3S.ClH/c18-15(19)25-13-4-2-1-3-11(13)12-9-26-16(21-12)22-14(23)17(10-20)5-7-24-8-6-17;/h1-4,9,15H,5-8,10,20H2,(H,21,22,23);1H. The number of hydrogen-bond donors (Lipinski definition) is 2. The number of nitrogens with two attached hydrogens (primary N) is 1. The summed E-state index contributed by atoms with van der Waals surface area (Å²) in [6, 6.07) is 6.39. The summed E-state index contributed by atoms with van der Waals surface area (Å²) in [5.74, 6) is -0.158. The van der Waals surface area contributed by atoms with Crippen LogP contribution in [0.2, 0.25) is 0 Å². The number of amides is 1. The van der Waals surface area contributed by atoms with Gasteiger partial charge in [-0.15, -0.1) is 23.7 Å². The molecule has 2 heterocycles. The molecule has 10 heteroatoms. The number of benzene rings is 1. The first-order valence-electron chi connectivity index (χ1n) is 8.13. The molecular weight excluding hydrogens is 400 g/mol. The van der Waals surface area contributed by atoms with Crippen LogP contribution in [-0.2, 0) is 9.53 Å². The minimum absolute atomic E-state index is 0. The van der Waals surface area contributed by atoms with Crippen molar-refractivity contribution in [1.29, 1.82) is 0 Å². The van der Waals surface area contributed by atoms with Crippen LogP contribution in [0.1, 0.15) is 12.8 Å². The molecule has 2 aromatic rings. The van der Waals surface area contributed by atoms with Gasteiger partial charge in [0.25, 0.3) is 0 Å². The average Bonchev–Trinajstić information content (AvgIpc) is 3.10. The maximum absolute atomic E-state index is 12.7. The van der Waals surface area contributed by atoms with Gasteiger partial charge in [-0.3, -0.25) is 4.79 Å². The molecule has 1 saturated heterocycles. The van der Waals surface area contributed by atoms with E-state index in [0.29, 0.717) is 42.4 Å². The Hall–Kier alpha value is -1.81. The third-order valence-corrected chi connectivity index (χ3v) is 5.18. The second-order valence-corrected chi connectivity index (χ2v) is 6.82. The normalized spacial score (nSPS) is 15.9. The van der Waals surface area contributed by atoms with Crippen LogP contribution in [0.25, 0.3) is 11.3 Å². The maximum Gasteiger partial charge on any atom is 0.387 e. The first kappa shape index (κ1) is 21.5. The Bertz CT molecular complexity index is 769. The summed E-state index contributed by atoms with van der Waals surface area (Å²) in [6.07, 6.45) is 1.11. The van der Waals surface area contributed by atoms with Crippen LogP contribution < -0.4 is 15.8 Å². The monoisotopic (exact) mass is 419 g/mol. The lowest BCUT2D eigenvalue weighted by atomic mass is 9.79. The number of aromatic nitrogens is 1. The van der Waals surface area contributed by atoms with E-state index in [1.165, 1.54) is 17.4 Å². The zero-order chi connectivity index (χ0) is 18.6. The number of para-hydroxylation sites is 1. The van der Waals surface area contributed by atoms with E-state index in [4.69, 9.17) is 10.5 Å². The van der Waals surface area contributed by atoms with Crippen molar-refractivity contribution in [1.82, 2.24) is 4.98 Å². The molecule has 148 valence electrons. The van der Waals surface area contributed by atoms with Gasteiger partial charge in [0, 0.05) is 30.7 Å².